The van der Waals surface area contributed by atoms with Crippen molar-refractivity contribution in [3.05, 3.63) is 135 Å². The van der Waals surface area contributed by atoms with Crippen molar-refractivity contribution in [2.45, 2.75) is 32.0 Å². The van der Waals surface area contributed by atoms with Crippen LogP contribution in [0.1, 0.15) is 39.3 Å². The minimum Gasteiger partial charge on any atom is -0.478 e. The summed E-state index contributed by atoms with van der Waals surface area (Å²) in [6.45, 7) is 0.499. The molecule has 0 bridgehead atoms. The number of aryl methyl sites for hydroxylation is 2. The van der Waals surface area contributed by atoms with E-state index in [0.29, 0.717) is 34.3 Å². The van der Waals surface area contributed by atoms with Gasteiger partial charge in [-0.15, -0.1) is 0 Å². The summed E-state index contributed by atoms with van der Waals surface area (Å²) in [5.74, 6) is -0.133. The third-order valence-corrected chi connectivity index (χ3v) is 7.51. The quantitative estimate of drug-likeness (QED) is 0.181. The number of aromatic nitrogens is 2. The number of alkyl halides is 3. The molecule has 0 saturated heterocycles. The lowest BCUT2D eigenvalue weighted by Crippen LogP contribution is -2.05. The number of rotatable bonds is 9. The zero-order valence-corrected chi connectivity index (χ0v) is 23.7. The van der Waals surface area contributed by atoms with Crippen LogP contribution >= 0.6 is 23.2 Å². The van der Waals surface area contributed by atoms with Gasteiger partial charge < -0.3 is 9.67 Å². The molecule has 4 nitrogen and oxygen atoms in total. The second kappa shape index (κ2) is 12.4. The lowest BCUT2D eigenvalue weighted by atomic mass is 10.00. The highest BCUT2D eigenvalue weighted by atomic mass is 35.5. The van der Waals surface area contributed by atoms with Gasteiger partial charge in [-0.1, -0.05) is 71.7 Å². The van der Waals surface area contributed by atoms with Crippen molar-refractivity contribution in [1.29, 1.82) is 0 Å². The number of aromatic carboxylic acids is 1. The van der Waals surface area contributed by atoms with Crippen LogP contribution in [0.3, 0.4) is 0 Å². The molecule has 1 heterocycles. The first-order valence-electron chi connectivity index (χ1n) is 13.2. The first-order valence-corrected chi connectivity index (χ1v) is 13.9. The van der Waals surface area contributed by atoms with Crippen LogP contribution in [0.4, 0.5) is 13.2 Å². The normalized spacial score (nSPS) is 11.5. The lowest BCUT2D eigenvalue weighted by molar-refractivity contribution is -0.137. The molecule has 0 aliphatic heterocycles. The molecule has 0 aliphatic rings. The fourth-order valence-corrected chi connectivity index (χ4v) is 5.26. The minimum atomic E-state index is -4.39. The zero-order valence-electron chi connectivity index (χ0n) is 22.2. The maximum Gasteiger partial charge on any atom is 0.416 e. The number of hydrogen-bond donors (Lipinski definition) is 1. The summed E-state index contributed by atoms with van der Waals surface area (Å²) < 4.78 is 41.4. The van der Waals surface area contributed by atoms with Crippen LogP contribution in [0, 0.1) is 0 Å². The Morgan fingerprint density at radius 1 is 0.833 bits per heavy atom. The molecule has 0 fully saturated rings. The third-order valence-electron chi connectivity index (χ3n) is 6.96. The van der Waals surface area contributed by atoms with Crippen LogP contribution in [0.25, 0.3) is 22.4 Å². The Hall–Kier alpha value is -4.07. The van der Waals surface area contributed by atoms with Crippen LogP contribution in [0.15, 0.2) is 97.2 Å². The average molecular weight is 609 g/mol. The van der Waals surface area contributed by atoms with Crippen molar-refractivity contribution in [1.82, 2.24) is 9.55 Å². The highest BCUT2D eigenvalue weighted by Crippen LogP contribution is 2.33. The van der Waals surface area contributed by atoms with Crippen molar-refractivity contribution in [2.75, 3.05) is 0 Å². The molecule has 214 valence electrons. The Morgan fingerprint density at radius 3 is 2.21 bits per heavy atom. The van der Waals surface area contributed by atoms with Crippen LogP contribution in [0.2, 0.25) is 10.0 Å². The second-order valence-corrected chi connectivity index (χ2v) is 10.8. The van der Waals surface area contributed by atoms with E-state index in [0.717, 1.165) is 53.1 Å². The van der Waals surface area contributed by atoms with E-state index in [1.54, 1.807) is 42.5 Å². The van der Waals surface area contributed by atoms with E-state index in [2.05, 4.69) is 0 Å². The maximum absolute atomic E-state index is 13.1. The van der Waals surface area contributed by atoms with Crippen molar-refractivity contribution in [3.63, 3.8) is 0 Å². The van der Waals surface area contributed by atoms with Gasteiger partial charge in [0.2, 0.25) is 0 Å². The summed E-state index contributed by atoms with van der Waals surface area (Å²) >= 11 is 12.5. The van der Waals surface area contributed by atoms with Gasteiger partial charge in [0.15, 0.2) is 0 Å². The Bertz CT molecular complexity index is 1710. The Kier molecular flexibility index (Phi) is 8.71. The number of hydrogen-bond acceptors (Lipinski definition) is 2. The van der Waals surface area contributed by atoms with Crippen molar-refractivity contribution in [3.8, 4) is 22.4 Å². The number of halogens is 5. The van der Waals surface area contributed by atoms with Gasteiger partial charge in [-0.05, 0) is 77.6 Å². The third kappa shape index (κ3) is 7.04. The number of carboxylic acid groups (broad SMARTS) is 1. The smallest absolute Gasteiger partial charge is 0.416 e. The molecule has 0 spiro atoms. The summed E-state index contributed by atoms with van der Waals surface area (Å²) in [4.78, 5) is 16.1. The lowest BCUT2D eigenvalue weighted by Gasteiger charge is -2.10. The van der Waals surface area contributed by atoms with Crippen LogP contribution in [0.5, 0.6) is 0 Å². The fraction of sp³-hybridized carbons (Fsp3) is 0.152. The maximum atomic E-state index is 13.1. The van der Waals surface area contributed by atoms with E-state index < -0.39 is 17.7 Å². The predicted molar refractivity (Wildman–Crippen MR) is 159 cm³/mol. The van der Waals surface area contributed by atoms with Gasteiger partial charge in [0.25, 0.3) is 0 Å². The minimum absolute atomic E-state index is 0.220. The van der Waals surface area contributed by atoms with Gasteiger partial charge in [-0.3, -0.25) is 0 Å². The van der Waals surface area contributed by atoms with Crippen molar-refractivity contribution in [2.24, 2.45) is 0 Å². The van der Waals surface area contributed by atoms with E-state index in [1.165, 1.54) is 6.07 Å². The van der Waals surface area contributed by atoms with Crippen LogP contribution < -0.4 is 0 Å². The summed E-state index contributed by atoms with van der Waals surface area (Å²) in [6.07, 6.45) is -0.263. The summed E-state index contributed by atoms with van der Waals surface area (Å²) in [7, 11) is 0. The molecule has 5 rings (SSSR count). The average Bonchev–Trinajstić information content (AvgIpc) is 3.35. The molecular formula is C33H25Cl2F3N2O2. The number of carboxylic acids is 1. The number of nitrogens with zero attached hydrogens (tertiary/aromatic N) is 2. The first-order chi connectivity index (χ1) is 20.1. The first kappa shape index (κ1) is 29.4. The molecule has 5 aromatic rings. The van der Waals surface area contributed by atoms with E-state index in [1.807, 2.05) is 41.1 Å². The second-order valence-electron chi connectivity index (χ2n) is 9.93. The number of carbonyl (C=O) groups is 1. The van der Waals surface area contributed by atoms with E-state index in [4.69, 9.17) is 28.2 Å². The molecule has 0 amide bonds. The van der Waals surface area contributed by atoms with Gasteiger partial charge >= 0.3 is 12.1 Å². The molecule has 0 saturated carbocycles. The monoisotopic (exact) mass is 608 g/mol. The van der Waals surface area contributed by atoms with E-state index in [9.17, 15) is 23.1 Å². The summed E-state index contributed by atoms with van der Waals surface area (Å²) in [6, 6.07) is 24.9. The highest BCUT2D eigenvalue weighted by molar-refractivity contribution is 6.36. The Labute approximate surface area is 251 Å². The molecule has 9 heteroatoms. The highest BCUT2D eigenvalue weighted by Gasteiger charge is 2.30. The van der Waals surface area contributed by atoms with E-state index in [-0.39, 0.29) is 5.56 Å². The molecule has 1 aromatic heterocycles. The summed E-state index contributed by atoms with van der Waals surface area (Å²) in [5.41, 5.74) is 4.24. The van der Waals surface area contributed by atoms with Gasteiger partial charge in [-0.25, -0.2) is 9.78 Å². The molecule has 4 aromatic carbocycles. The van der Waals surface area contributed by atoms with Gasteiger partial charge in [0.1, 0.15) is 5.82 Å². The number of imidazole rings is 1. The molecule has 0 aliphatic carbocycles. The van der Waals surface area contributed by atoms with E-state index >= 15 is 0 Å². The zero-order chi connectivity index (χ0) is 29.9. The largest absolute Gasteiger partial charge is 0.478 e. The molecule has 0 unspecified atom stereocenters. The van der Waals surface area contributed by atoms with Crippen molar-refractivity contribution < 1.29 is 23.1 Å². The molecule has 0 atom stereocenters. The molecule has 42 heavy (non-hydrogen) atoms. The topological polar surface area (TPSA) is 55.1 Å². The van der Waals surface area contributed by atoms with Gasteiger partial charge in [0, 0.05) is 29.7 Å². The Balaban J connectivity index is 1.32. The molecule has 0 radical (unpaired) electrons. The molecule has 1 N–H and O–H groups in total. The van der Waals surface area contributed by atoms with Crippen molar-refractivity contribution >= 4 is 29.2 Å². The fourth-order valence-electron chi connectivity index (χ4n) is 4.76. The van der Waals surface area contributed by atoms with Crippen LogP contribution in [-0.2, 0) is 25.6 Å². The standard InChI is InChI=1S/C33H25Cl2F3N2O2/c34-27-15-16-28(29(35)18-27)30-20-40(19-22-9-13-24(14-10-22)32(41)42)31(39-30)6-1-3-21-7-11-23(12-8-21)25-4-2-5-26(17-25)33(36,37)38/h2,4-5,7-18,20H,1,3,6,19H2,(H,41,42). The Morgan fingerprint density at radius 2 is 1.55 bits per heavy atom. The van der Waals surface area contributed by atoms with Crippen LogP contribution in [-0.4, -0.2) is 20.6 Å². The van der Waals surface area contributed by atoms with Gasteiger partial charge in [0.05, 0.1) is 21.8 Å². The predicted octanol–water partition coefficient (Wildman–Crippen LogP) is 9.46. The summed E-state index contributed by atoms with van der Waals surface area (Å²) in [5, 5.41) is 10.2. The molecular weight excluding hydrogens is 584 g/mol. The number of benzene rings is 4. The van der Waals surface area contributed by atoms with Gasteiger partial charge in [-0.2, -0.15) is 13.2 Å². The SMILES string of the molecule is O=C(O)c1ccc(Cn2cc(-c3ccc(Cl)cc3Cl)nc2CCCc2ccc(-c3cccc(C(F)(F)F)c3)cc2)cc1.